The van der Waals surface area contributed by atoms with Gasteiger partial charge in [-0.2, -0.15) is 0 Å². The van der Waals surface area contributed by atoms with Crippen molar-refractivity contribution < 1.29 is 18.8 Å². The first-order chi connectivity index (χ1) is 9.40. The van der Waals surface area contributed by atoms with Crippen LogP contribution in [0.3, 0.4) is 0 Å². The Morgan fingerprint density at radius 1 is 1.30 bits per heavy atom. The van der Waals surface area contributed by atoms with Crippen molar-refractivity contribution in [3.05, 3.63) is 35.6 Å². The van der Waals surface area contributed by atoms with E-state index >= 15 is 0 Å². The second kappa shape index (κ2) is 5.28. The second-order valence-corrected chi connectivity index (χ2v) is 4.65. The van der Waals surface area contributed by atoms with E-state index in [-0.39, 0.29) is 12.5 Å². The Kier molecular flexibility index (Phi) is 3.69. The number of nitrogens with one attached hydrogen (secondary N) is 1. The summed E-state index contributed by atoms with van der Waals surface area (Å²) < 4.78 is 12.9. The molecule has 1 aliphatic rings. The third-order valence-corrected chi connectivity index (χ3v) is 3.02. The minimum atomic E-state index is -0.877. The highest BCUT2D eigenvalue weighted by molar-refractivity contribution is 6.06. The number of nitrogens with zero attached hydrogens (tertiary/aromatic N) is 2. The molecule has 0 unspecified atom stereocenters. The van der Waals surface area contributed by atoms with Gasteiger partial charge in [0.1, 0.15) is 18.4 Å². The quantitative estimate of drug-likeness (QED) is 0.819. The highest BCUT2D eigenvalue weighted by Gasteiger charge is 2.39. The molecule has 20 heavy (non-hydrogen) atoms. The third-order valence-electron chi connectivity index (χ3n) is 3.02. The highest BCUT2D eigenvalue weighted by Crippen LogP contribution is 2.22. The van der Waals surface area contributed by atoms with Gasteiger partial charge in [-0.3, -0.25) is 14.5 Å². The molecule has 0 aliphatic carbocycles. The Bertz CT molecular complexity index is 556. The number of rotatable bonds is 3. The van der Waals surface area contributed by atoms with Gasteiger partial charge in [-0.25, -0.2) is 9.18 Å². The molecule has 6 nitrogen and oxygen atoms in total. The zero-order valence-electron chi connectivity index (χ0n) is 11.1. The monoisotopic (exact) mass is 279 g/mol. The molecule has 0 radical (unpaired) electrons. The van der Waals surface area contributed by atoms with E-state index in [9.17, 15) is 18.8 Å². The minimum absolute atomic E-state index is 0.310. The summed E-state index contributed by atoms with van der Waals surface area (Å²) in [7, 11) is 3.08. The van der Waals surface area contributed by atoms with Crippen molar-refractivity contribution in [1.29, 1.82) is 0 Å². The van der Waals surface area contributed by atoms with Gasteiger partial charge in [0.25, 0.3) is 5.91 Å². The van der Waals surface area contributed by atoms with Crippen LogP contribution >= 0.6 is 0 Å². The van der Waals surface area contributed by atoms with E-state index in [0.717, 1.165) is 4.90 Å². The van der Waals surface area contributed by atoms with E-state index in [1.165, 1.54) is 43.3 Å². The summed E-state index contributed by atoms with van der Waals surface area (Å²) in [4.78, 5) is 37.6. The van der Waals surface area contributed by atoms with E-state index < -0.39 is 23.8 Å². The summed E-state index contributed by atoms with van der Waals surface area (Å²) in [5, 5.41) is 2.48. The Labute approximate surface area is 115 Å². The molecule has 0 spiro atoms. The summed E-state index contributed by atoms with van der Waals surface area (Å²) in [6, 6.07) is 3.77. The van der Waals surface area contributed by atoms with E-state index in [4.69, 9.17) is 0 Å². The van der Waals surface area contributed by atoms with Gasteiger partial charge in [0.05, 0.1) is 0 Å². The fourth-order valence-corrected chi connectivity index (χ4v) is 1.83. The molecule has 1 fully saturated rings. The minimum Gasteiger partial charge on any atom is -0.347 e. The van der Waals surface area contributed by atoms with Crippen molar-refractivity contribution in [2.75, 3.05) is 20.6 Å². The van der Waals surface area contributed by atoms with Crippen LogP contribution in [0.4, 0.5) is 9.18 Å². The van der Waals surface area contributed by atoms with Crippen LogP contribution in [0.5, 0.6) is 0 Å². The molecule has 1 N–H and O–H groups in total. The molecule has 0 aromatic heterocycles. The van der Waals surface area contributed by atoms with Gasteiger partial charge in [0.2, 0.25) is 5.91 Å². The molecule has 4 amide bonds. The number of amides is 4. The first-order valence-electron chi connectivity index (χ1n) is 5.97. The van der Waals surface area contributed by atoms with Gasteiger partial charge in [-0.05, 0) is 17.7 Å². The number of hydrogen-bond acceptors (Lipinski definition) is 3. The lowest BCUT2D eigenvalue weighted by Gasteiger charge is -2.16. The molecule has 1 aromatic rings. The van der Waals surface area contributed by atoms with Crippen LogP contribution in [-0.4, -0.2) is 48.3 Å². The van der Waals surface area contributed by atoms with Crippen LogP contribution in [0.1, 0.15) is 11.6 Å². The van der Waals surface area contributed by atoms with E-state index in [1.807, 2.05) is 0 Å². The number of likely N-dealkylation sites (N-methyl/N-ethyl adjacent to an activating group) is 1. The van der Waals surface area contributed by atoms with Crippen molar-refractivity contribution >= 4 is 17.8 Å². The van der Waals surface area contributed by atoms with Crippen LogP contribution in [0.25, 0.3) is 0 Å². The maximum Gasteiger partial charge on any atom is 0.325 e. The van der Waals surface area contributed by atoms with Crippen LogP contribution in [0.15, 0.2) is 24.3 Å². The lowest BCUT2D eigenvalue weighted by atomic mass is 10.1. The Morgan fingerprint density at radius 2 is 1.90 bits per heavy atom. The number of imide groups is 1. The molecule has 0 bridgehead atoms. The maximum atomic E-state index is 12.9. The smallest absolute Gasteiger partial charge is 0.325 e. The van der Waals surface area contributed by atoms with Gasteiger partial charge in [0, 0.05) is 14.1 Å². The molecule has 1 aliphatic heterocycles. The number of carbonyl (C=O) groups excluding carboxylic acids is 3. The van der Waals surface area contributed by atoms with Gasteiger partial charge >= 0.3 is 6.03 Å². The standard InChI is InChI=1S/C13H14FN3O3/c1-16(2)10(18)7-17-12(19)11(15-13(17)20)8-3-5-9(14)6-4-8/h3-6,11H,7H2,1-2H3,(H,15,20)/t11-/m0/s1. The number of halogens is 1. The predicted octanol–water partition coefficient (Wildman–Crippen LogP) is 0.507. The molecular formula is C13H14FN3O3. The Balaban J connectivity index is 2.16. The van der Waals surface area contributed by atoms with Crippen molar-refractivity contribution in [2.24, 2.45) is 0 Å². The largest absolute Gasteiger partial charge is 0.347 e. The fourth-order valence-electron chi connectivity index (χ4n) is 1.83. The summed E-state index contributed by atoms with van der Waals surface area (Å²) in [5.41, 5.74) is 0.476. The molecule has 0 saturated carbocycles. The van der Waals surface area contributed by atoms with E-state index in [1.54, 1.807) is 0 Å². The molecule has 2 rings (SSSR count). The number of urea groups is 1. The molecule has 1 heterocycles. The summed E-state index contributed by atoms with van der Waals surface area (Å²) >= 11 is 0. The zero-order valence-corrected chi connectivity index (χ0v) is 11.1. The molecular weight excluding hydrogens is 265 g/mol. The Hall–Kier alpha value is -2.44. The average molecular weight is 279 g/mol. The Morgan fingerprint density at radius 3 is 2.45 bits per heavy atom. The summed E-state index contributed by atoms with van der Waals surface area (Å²) in [6.45, 7) is -0.310. The highest BCUT2D eigenvalue weighted by atomic mass is 19.1. The number of hydrogen-bond donors (Lipinski definition) is 1. The first-order valence-corrected chi connectivity index (χ1v) is 5.97. The van der Waals surface area contributed by atoms with E-state index in [2.05, 4.69) is 5.32 Å². The van der Waals surface area contributed by atoms with Gasteiger partial charge in [0.15, 0.2) is 0 Å². The molecule has 1 aromatic carbocycles. The SMILES string of the molecule is CN(C)C(=O)CN1C(=O)N[C@@H](c2ccc(F)cc2)C1=O. The predicted molar refractivity (Wildman–Crippen MR) is 68.1 cm³/mol. The maximum absolute atomic E-state index is 12.9. The van der Waals surface area contributed by atoms with Crippen molar-refractivity contribution in [3.63, 3.8) is 0 Å². The van der Waals surface area contributed by atoms with Crippen LogP contribution in [0.2, 0.25) is 0 Å². The number of benzene rings is 1. The van der Waals surface area contributed by atoms with Crippen LogP contribution in [0, 0.1) is 5.82 Å². The third kappa shape index (κ3) is 2.61. The summed E-state index contributed by atoms with van der Waals surface area (Å²) in [6.07, 6.45) is 0. The second-order valence-electron chi connectivity index (χ2n) is 4.65. The van der Waals surface area contributed by atoms with Crippen LogP contribution < -0.4 is 5.32 Å². The summed E-state index contributed by atoms with van der Waals surface area (Å²) in [5.74, 6) is -1.30. The van der Waals surface area contributed by atoms with Crippen molar-refractivity contribution in [3.8, 4) is 0 Å². The topological polar surface area (TPSA) is 69.7 Å². The molecule has 1 atom stereocenters. The van der Waals surface area contributed by atoms with Crippen molar-refractivity contribution in [2.45, 2.75) is 6.04 Å². The molecule has 1 saturated heterocycles. The van der Waals surface area contributed by atoms with Gasteiger partial charge in [-0.1, -0.05) is 12.1 Å². The van der Waals surface area contributed by atoms with Crippen LogP contribution in [-0.2, 0) is 9.59 Å². The first kappa shape index (κ1) is 14.0. The zero-order chi connectivity index (χ0) is 14.9. The lowest BCUT2D eigenvalue weighted by molar-refractivity contribution is -0.135. The van der Waals surface area contributed by atoms with Gasteiger partial charge in [-0.15, -0.1) is 0 Å². The normalized spacial score (nSPS) is 18.1. The average Bonchev–Trinajstić information content (AvgIpc) is 2.67. The molecule has 7 heteroatoms. The fraction of sp³-hybridized carbons (Fsp3) is 0.308. The lowest BCUT2D eigenvalue weighted by Crippen LogP contribution is -2.40. The number of carbonyl (C=O) groups is 3. The van der Waals surface area contributed by atoms with Crippen molar-refractivity contribution in [1.82, 2.24) is 15.1 Å². The van der Waals surface area contributed by atoms with E-state index in [0.29, 0.717) is 5.56 Å². The molecule has 106 valence electrons. The van der Waals surface area contributed by atoms with Gasteiger partial charge < -0.3 is 10.2 Å².